The lowest BCUT2D eigenvalue weighted by atomic mass is 9.99. The summed E-state index contributed by atoms with van der Waals surface area (Å²) in [5.41, 5.74) is 1.86. The molecule has 2 aromatic rings. The monoisotopic (exact) mass is 343 g/mol. The smallest absolute Gasteiger partial charge is 0.317 e. The van der Waals surface area contributed by atoms with Crippen LogP contribution in [-0.2, 0) is 6.42 Å². The van der Waals surface area contributed by atoms with Gasteiger partial charge in [-0.05, 0) is 33.1 Å². The second kappa shape index (κ2) is 7.34. The number of urea groups is 1. The van der Waals surface area contributed by atoms with Crippen LogP contribution in [0.4, 0.5) is 4.79 Å². The number of nitrogens with zero attached hydrogens (tertiary/aromatic N) is 2. The summed E-state index contributed by atoms with van der Waals surface area (Å²) in [5, 5.41) is 6.30. The van der Waals surface area contributed by atoms with E-state index < -0.39 is 0 Å². The second-order valence-electron chi connectivity index (χ2n) is 7.05. The van der Waals surface area contributed by atoms with Crippen LogP contribution in [0.15, 0.2) is 35.7 Å². The molecule has 0 aliphatic carbocycles. The molecule has 0 unspecified atom stereocenters. The van der Waals surface area contributed by atoms with Crippen LogP contribution in [-0.4, -0.2) is 34.5 Å². The number of amides is 2. The summed E-state index contributed by atoms with van der Waals surface area (Å²) in [4.78, 5) is 19.1. The van der Waals surface area contributed by atoms with Crippen LogP contribution >= 0.6 is 11.3 Å². The van der Waals surface area contributed by atoms with Crippen molar-refractivity contribution in [2.75, 3.05) is 13.1 Å². The maximum absolute atomic E-state index is 12.4. The molecule has 24 heavy (non-hydrogen) atoms. The summed E-state index contributed by atoms with van der Waals surface area (Å²) in [6.07, 6.45) is 4.19. The zero-order valence-corrected chi connectivity index (χ0v) is 15.2. The van der Waals surface area contributed by atoms with Gasteiger partial charge in [-0.15, -0.1) is 11.3 Å². The molecular formula is C19H25N3OS. The molecule has 5 heteroatoms. The van der Waals surface area contributed by atoms with E-state index in [1.54, 1.807) is 11.3 Å². The van der Waals surface area contributed by atoms with E-state index in [0.29, 0.717) is 0 Å². The first kappa shape index (κ1) is 17.0. The predicted octanol–water partition coefficient (Wildman–Crippen LogP) is 4.33. The SMILES string of the molecule is CC(C)(Cc1csc(-c2ccccc2)n1)NC(=O)N1CCCCC1. The van der Waals surface area contributed by atoms with Crippen molar-refractivity contribution in [3.63, 3.8) is 0 Å². The minimum Gasteiger partial charge on any atom is -0.333 e. The lowest BCUT2D eigenvalue weighted by Crippen LogP contribution is -2.52. The molecule has 0 radical (unpaired) electrons. The Bertz CT molecular complexity index is 675. The van der Waals surface area contributed by atoms with Gasteiger partial charge in [-0.2, -0.15) is 0 Å². The molecule has 1 N–H and O–H groups in total. The van der Waals surface area contributed by atoms with Crippen molar-refractivity contribution in [2.24, 2.45) is 0 Å². The molecule has 4 nitrogen and oxygen atoms in total. The Kier molecular flexibility index (Phi) is 5.19. The lowest BCUT2D eigenvalue weighted by molar-refractivity contribution is 0.175. The number of rotatable bonds is 4. The molecule has 1 fully saturated rings. The number of hydrogen-bond donors (Lipinski definition) is 1. The molecule has 1 aliphatic heterocycles. The first-order valence-electron chi connectivity index (χ1n) is 8.60. The zero-order valence-electron chi connectivity index (χ0n) is 14.4. The highest BCUT2D eigenvalue weighted by Crippen LogP contribution is 2.25. The normalized spacial score (nSPS) is 15.3. The van der Waals surface area contributed by atoms with Crippen molar-refractivity contribution in [3.05, 3.63) is 41.4 Å². The van der Waals surface area contributed by atoms with Crippen LogP contribution in [0, 0.1) is 0 Å². The standard InChI is InChI=1S/C19H25N3OS/c1-19(2,21-18(23)22-11-7-4-8-12-22)13-16-14-24-17(20-16)15-9-5-3-6-10-15/h3,5-6,9-10,14H,4,7-8,11-13H2,1-2H3,(H,21,23). The van der Waals surface area contributed by atoms with Crippen LogP contribution in [0.2, 0.25) is 0 Å². The Morgan fingerprint density at radius 1 is 1.21 bits per heavy atom. The first-order chi connectivity index (χ1) is 11.5. The summed E-state index contributed by atoms with van der Waals surface area (Å²) in [5.74, 6) is 0. The number of carbonyl (C=O) groups excluding carboxylic acids is 1. The van der Waals surface area contributed by atoms with E-state index in [-0.39, 0.29) is 11.6 Å². The van der Waals surface area contributed by atoms with Crippen molar-refractivity contribution in [3.8, 4) is 10.6 Å². The summed E-state index contributed by atoms with van der Waals surface area (Å²) in [6.45, 7) is 5.88. The number of benzene rings is 1. The van der Waals surface area contributed by atoms with E-state index in [4.69, 9.17) is 4.98 Å². The number of aromatic nitrogens is 1. The topological polar surface area (TPSA) is 45.2 Å². The van der Waals surface area contributed by atoms with E-state index in [2.05, 4.69) is 36.7 Å². The Morgan fingerprint density at radius 2 is 1.92 bits per heavy atom. The van der Waals surface area contributed by atoms with E-state index in [0.717, 1.165) is 48.6 Å². The van der Waals surface area contributed by atoms with Gasteiger partial charge in [0.25, 0.3) is 0 Å². The van der Waals surface area contributed by atoms with Crippen LogP contribution in [0.25, 0.3) is 10.6 Å². The molecule has 2 heterocycles. The number of carbonyl (C=O) groups is 1. The third-order valence-electron chi connectivity index (χ3n) is 4.28. The third kappa shape index (κ3) is 4.35. The first-order valence-corrected chi connectivity index (χ1v) is 9.48. The number of likely N-dealkylation sites (tertiary alicyclic amines) is 1. The van der Waals surface area contributed by atoms with Gasteiger partial charge in [0.2, 0.25) is 0 Å². The molecule has 1 aromatic carbocycles. The van der Waals surface area contributed by atoms with Gasteiger partial charge in [-0.1, -0.05) is 30.3 Å². The number of nitrogens with one attached hydrogen (secondary N) is 1. The van der Waals surface area contributed by atoms with Crippen LogP contribution in [0.5, 0.6) is 0 Å². The van der Waals surface area contributed by atoms with Gasteiger partial charge >= 0.3 is 6.03 Å². The zero-order chi connectivity index (χ0) is 17.0. The Balaban J connectivity index is 1.62. The van der Waals surface area contributed by atoms with Crippen LogP contribution in [0.1, 0.15) is 38.8 Å². The molecule has 1 aromatic heterocycles. The third-order valence-corrected chi connectivity index (χ3v) is 5.22. The van der Waals surface area contributed by atoms with Crippen molar-refractivity contribution < 1.29 is 4.79 Å². The molecule has 2 amide bonds. The number of piperidine rings is 1. The Labute approximate surface area is 147 Å². The number of hydrogen-bond acceptors (Lipinski definition) is 3. The van der Waals surface area contributed by atoms with E-state index in [1.165, 1.54) is 6.42 Å². The predicted molar refractivity (Wildman–Crippen MR) is 99.3 cm³/mol. The minimum absolute atomic E-state index is 0.0539. The van der Waals surface area contributed by atoms with Gasteiger partial charge in [0.1, 0.15) is 5.01 Å². The maximum Gasteiger partial charge on any atom is 0.317 e. The molecule has 0 atom stereocenters. The molecule has 0 bridgehead atoms. The highest BCUT2D eigenvalue weighted by Gasteiger charge is 2.26. The molecular weight excluding hydrogens is 318 g/mol. The van der Waals surface area contributed by atoms with Crippen LogP contribution < -0.4 is 5.32 Å². The fourth-order valence-electron chi connectivity index (χ4n) is 3.06. The Morgan fingerprint density at radius 3 is 2.62 bits per heavy atom. The summed E-state index contributed by atoms with van der Waals surface area (Å²) >= 11 is 1.66. The molecule has 0 saturated carbocycles. The highest BCUT2D eigenvalue weighted by atomic mass is 32.1. The largest absolute Gasteiger partial charge is 0.333 e. The van der Waals surface area contributed by atoms with Gasteiger partial charge < -0.3 is 10.2 Å². The number of thiazole rings is 1. The van der Waals surface area contributed by atoms with Gasteiger partial charge in [0.15, 0.2) is 0 Å². The summed E-state index contributed by atoms with van der Waals surface area (Å²) in [6, 6.07) is 10.3. The lowest BCUT2D eigenvalue weighted by Gasteiger charge is -2.32. The van der Waals surface area contributed by atoms with Gasteiger partial charge in [-0.25, -0.2) is 9.78 Å². The van der Waals surface area contributed by atoms with E-state index >= 15 is 0 Å². The van der Waals surface area contributed by atoms with Crippen molar-refractivity contribution >= 4 is 17.4 Å². The fraction of sp³-hybridized carbons (Fsp3) is 0.474. The van der Waals surface area contributed by atoms with Gasteiger partial charge in [0.05, 0.1) is 5.69 Å². The quantitative estimate of drug-likeness (QED) is 0.898. The highest BCUT2D eigenvalue weighted by molar-refractivity contribution is 7.13. The summed E-state index contributed by atoms with van der Waals surface area (Å²) in [7, 11) is 0. The molecule has 1 saturated heterocycles. The van der Waals surface area contributed by atoms with Crippen molar-refractivity contribution in [1.29, 1.82) is 0 Å². The average molecular weight is 343 g/mol. The minimum atomic E-state index is -0.309. The molecule has 128 valence electrons. The van der Waals surface area contributed by atoms with Gasteiger partial charge in [-0.3, -0.25) is 0 Å². The molecule has 3 rings (SSSR count). The molecule has 0 spiro atoms. The van der Waals surface area contributed by atoms with Gasteiger partial charge in [0, 0.05) is 36.0 Å². The fourth-order valence-corrected chi connectivity index (χ4v) is 3.89. The van der Waals surface area contributed by atoms with Crippen LogP contribution in [0.3, 0.4) is 0 Å². The van der Waals surface area contributed by atoms with E-state index in [1.807, 2.05) is 23.1 Å². The summed E-state index contributed by atoms with van der Waals surface area (Å²) < 4.78 is 0. The average Bonchev–Trinajstić information content (AvgIpc) is 3.03. The second-order valence-corrected chi connectivity index (χ2v) is 7.91. The Hall–Kier alpha value is -1.88. The van der Waals surface area contributed by atoms with E-state index in [9.17, 15) is 4.79 Å². The van der Waals surface area contributed by atoms with Crippen molar-refractivity contribution in [2.45, 2.75) is 45.1 Å². The maximum atomic E-state index is 12.4. The van der Waals surface area contributed by atoms with Crippen molar-refractivity contribution in [1.82, 2.24) is 15.2 Å². The molecule has 1 aliphatic rings.